The largest absolute Gasteiger partial charge is 0.461 e. The molecule has 0 unspecified atom stereocenters. The van der Waals surface area contributed by atoms with Gasteiger partial charge in [-0.15, -0.1) is 0 Å². The third-order valence-electron chi connectivity index (χ3n) is 3.93. The van der Waals surface area contributed by atoms with E-state index in [1.165, 1.54) is 0 Å². The molecule has 0 spiro atoms. The molecule has 5 heteroatoms. The highest BCUT2D eigenvalue weighted by Crippen LogP contribution is 2.28. The monoisotopic (exact) mass is 356 g/mol. The first kappa shape index (κ1) is 13.5. The molecule has 1 aliphatic heterocycles. The number of pyridine rings is 1. The zero-order chi connectivity index (χ0) is 15.1. The zero-order valence-corrected chi connectivity index (χ0v) is 13.3. The van der Waals surface area contributed by atoms with Crippen LogP contribution in [0.4, 0.5) is 0 Å². The number of hydrogen-bond donors (Lipinski definition) is 0. The second-order valence-electron chi connectivity index (χ2n) is 5.34. The molecule has 0 saturated carbocycles. The Morgan fingerprint density at radius 3 is 2.95 bits per heavy atom. The van der Waals surface area contributed by atoms with Crippen LogP contribution in [0.2, 0.25) is 0 Å². The number of carbonyl (C=O) groups excluding carboxylic acids is 1. The minimum absolute atomic E-state index is 0.0334. The fourth-order valence-corrected chi connectivity index (χ4v) is 3.34. The summed E-state index contributed by atoms with van der Waals surface area (Å²) in [5.74, 6) is 0.933. The molecule has 1 aromatic carbocycles. The van der Waals surface area contributed by atoms with Crippen molar-refractivity contribution >= 4 is 32.8 Å². The SMILES string of the molecule is O=C1c2c(Br)ccnc2CN1CCc1cc2ccccc2o1. The number of nitrogens with zero attached hydrogens (tertiary/aromatic N) is 2. The number of benzene rings is 1. The lowest BCUT2D eigenvalue weighted by atomic mass is 10.2. The summed E-state index contributed by atoms with van der Waals surface area (Å²) in [6.07, 6.45) is 2.42. The van der Waals surface area contributed by atoms with E-state index in [1.807, 2.05) is 35.2 Å². The molecule has 0 fully saturated rings. The second-order valence-corrected chi connectivity index (χ2v) is 6.20. The fraction of sp³-hybridized carbons (Fsp3) is 0.176. The summed E-state index contributed by atoms with van der Waals surface area (Å²) in [4.78, 5) is 18.5. The van der Waals surface area contributed by atoms with Crippen LogP contribution in [-0.4, -0.2) is 22.3 Å². The Kier molecular flexibility index (Phi) is 3.22. The maximum atomic E-state index is 12.4. The number of rotatable bonds is 3. The summed E-state index contributed by atoms with van der Waals surface area (Å²) in [5.41, 5.74) is 2.41. The second kappa shape index (κ2) is 5.25. The molecule has 22 heavy (non-hydrogen) atoms. The summed E-state index contributed by atoms with van der Waals surface area (Å²) in [6.45, 7) is 1.19. The molecule has 1 aliphatic rings. The maximum Gasteiger partial charge on any atom is 0.257 e. The molecule has 0 bridgehead atoms. The fourth-order valence-electron chi connectivity index (χ4n) is 2.82. The molecule has 3 aromatic rings. The van der Waals surface area contributed by atoms with Gasteiger partial charge in [-0.2, -0.15) is 0 Å². The van der Waals surface area contributed by atoms with Crippen LogP contribution in [0, 0.1) is 0 Å². The van der Waals surface area contributed by atoms with Gasteiger partial charge < -0.3 is 9.32 Å². The highest BCUT2D eigenvalue weighted by Gasteiger charge is 2.30. The minimum atomic E-state index is 0.0334. The van der Waals surface area contributed by atoms with Crippen LogP contribution in [0.1, 0.15) is 21.8 Å². The summed E-state index contributed by atoms with van der Waals surface area (Å²) >= 11 is 3.43. The first-order chi connectivity index (χ1) is 10.7. The van der Waals surface area contributed by atoms with Gasteiger partial charge in [-0.1, -0.05) is 18.2 Å². The van der Waals surface area contributed by atoms with Gasteiger partial charge in [-0.25, -0.2) is 0 Å². The van der Waals surface area contributed by atoms with Crippen molar-refractivity contribution in [3.63, 3.8) is 0 Å². The van der Waals surface area contributed by atoms with E-state index in [0.29, 0.717) is 25.1 Å². The Labute approximate surface area is 135 Å². The summed E-state index contributed by atoms with van der Waals surface area (Å²) in [5, 5.41) is 1.10. The van der Waals surface area contributed by atoms with Crippen molar-refractivity contribution in [2.24, 2.45) is 0 Å². The van der Waals surface area contributed by atoms with Crippen LogP contribution < -0.4 is 0 Å². The number of hydrogen-bond acceptors (Lipinski definition) is 3. The molecule has 0 aliphatic carbocycles. The number of carbonyl (C=O) groups is 1. The van der Waals surface area contributed by atoms with Crippen molar-refractivity contribution in [2.45, 2.75) is 13.0 Å². The van der Waals surface area contributed by atoms with Gasteiger partial charge in [0, 0.05) is 29.0 Å². The first-order valence-corrected chi connectivity index (χ1v) is 7.92. The topological polar surface area (TPSA) is 46.3 Å². The molecular formula is C17H13BrN2O2. The standard InChI is InChI=1S/C17H13BrN2O2/c18-13-5-7-19-14-10-20(17(21)16(13)14)8-6-12-9-11-3-1-2-4-15(11)22-12/h1-5,7,9H,6,8,10H2. The van der Waals surface area contributed by atoms with Crippen LogP contribution >= 0.6 is 15.9 Å². The van der Waals surface area contributed by atoms with Crippen molar-refractivity contribution in [3.05, 3.63) is 64.1 Å². The third-order valence-corrected chi connectivity index (χ3v) is 4.59. The van der Waals surface area contributed by atoms with Crippen molar-refractivity contribution in [1.29, 1.82) is 0 Å². The molecule has 1 amide bonds. The Hall–Kier alpha value is -2.14. The number of fused-ring (bicyclic) bond motifs is 2. The van der Waals surface area contributed by atoms with E-state index in [4.69, 9.17) is 4.42 Å². The van der Waals surface area contributed by atoms with E-state index in [0.717, 1.165) is 26.9 Å². The van der Waals surface area contributed by atoms with E-state index < -0.39 is 0 Å². The number of amides is 1. The Morgan fingerprint density at radius 2 is 2.14 bits per heavy atom. The predicted octanol–water partition coefficient (Wildman–Crippen LogP) is 3.79. The molecule has 0 saturated heterocycles. The van der Waals surface area contributed by atoms with E-state index in [2.05, 4.69) is 20.9 Å². The average Bonchev–Trinajstić information content (AvgIpc) is 3.07. The van der Waals surface area contributed by atoms with Crippen LogP contribution in [0.5, 0.6) is 0 Å². The van der Waals surface area contributed by atoms with Gasteiger partial charge in [-0.05, 0) is 34.1 Å². The predicted molar refractivity (Wildman–Crippen MR) is 86.6 cm³/mol. The van der Waals surface area contributed by atoms with Crippen molar-refractivity contribution in [3.8, 4) is 0 Å². The quantitative estimate of drug-likeness (QED) is 0.717. The average molecular weight is 357 g/mol. The van der Waals surface area contributed by atoms with E-state index in [9.17, 15) is 4.79 Å². The lowest BCUT2D eigenvalue weighted by Crippen LogP contribution is -2.26. The molecule has 0 N–H and O–H groups in total. The van der Waals surface area contributed by atoms with Gasteiger partial charge in [0.1, 0.15) is 11.3 Å². The number of halogens is 1. The van der Waals surface area contributed by atoms with Crippen LogP contribution in [0.25, 0.3) is 11.0 Å². The van der Waals surface area contributed by atoms with Crippen molar-refractivity contribution in [2.75, 3.05) is 6.54 Å². The molecule has 4 nitrogen and oxygen atoms in total. The molecule has 110 valence electrons. The smallest absolute Gasteiger partial charge is 0.257 e. The van der Waals surface area contributed by atoms with Gasteiger partial charge >= 0.3 is 0 Å². The number of para-hydroxylation sites is 1. The lowest BCUT2D eigenvalue weighted by molar-refractivity contribution is 0.0777. The lowest BCUT2D eigenvalue weighted by Gasteiger charge is -2.14. The molecule has 3 heterocycles. The normalized spacial score (nSPS) is 13.9. The molecule has 0 radical (unpaired) electrons. The Bertz CT molecular complexity index is 839. The number of furan rings is 1. The molecular weight excluding hydrogens is 344 g/mol. The van der Waals surface area contributed by atoms with Crippen molar-refractivity contribution < 1.29 is 9.21 Å². The van der Waals surface area contributed by atoms with E-state index >= 15 is 0 Å². The highest BCUT2D eigenvalue weighted by atomic mass is 79.9. The van der Waals surface area contributed by atoms with Crippen LogP contribution in [0.15, 0.2) is 51.5 Å². The number of aromatic nitrogens is 1. The van der Waals surface area contributed by atoms with Crippen molar-refractivity contribution in [1.82, 2.24) is 9.88 Å². The zero-order valence-electron chi connectivity index (χ0n) is 11.8. The van der Waals surface area contributed by atoms with Gasteiger partial charge in [0.15, 0.2) is 0 Å². The van der Waals surface area contributed by atoms with Gasteiger partial charge in [0.2, 0.25) is 0 Å². The Balaban J connectivity index is 1.51. The minimum Gasteiger partial charge on any atom is -0.461 e. The van der Waals surface area contributed by atoms with Crippen LogP contribution in [0.3, 0.4) is 0 Å². The van der Waals surface area contributed by atoms with Gasteiger partial charge in [-0.3, -0.25) is 9.78 Å². The van der Waals surface area contributed by atoms with Gasteiger partial charge in [0.25, 0.3) is 5.91 Å². The Morgan fingerprint density at radius 1 is 1.27 bits per heavy atom. The van der Waals surface area contributed by atoms with Crippen LogP contribution in [-0.2, 0) is 13.0 Å². The molecule has 4 rings (SSSR count). The van der Waals surface area contributed by atoms with E-state index in [-0.39, 0.29) is 5.91 Å². The summed E-state index contributed by atoms with van der Waals surface area (Å²) in [6, 6.07) is 11.8. The van der Waals surface area contributed by atoms with E-state index in [1.54, 1.807) is 12.3 Å². The molecule has 2 aromatic heterocycles. The summed E-state index contributed by atoms with van der Waals surface area (Å²) < 4.78 is 6.61. The highest BCUT2D eigenvalue weighted by molar-refractivity contribution is 9.10. The maximum absolute atomic E-state index is 12.4. The summed E-state index contributed by atoms with van der Waals surface area (Å²) in [7, 11) is 0. The molecule has 0 atom stereocenters. The van der Waals surface area contributed by atoms with Gasteiger partial charge in [0.05, 0.1) is 17.8 Å². The third kappa shape index (κ3) is 2.22. The first-order valence-electron chi connectivity index (χ1n) is 7.12.